The molecule has 2 aliphatic heterocycles. The second kappa shape index (κ2) is 16.3. The van der Waals surface area contributed by atoms with Crippen molar-refractivity contribution >= 4 is 23.9 Å². The Morgan fingerprint density at radius 3 is 1.39 bits per heavy atom. The molecule has 264 valence electrons. The summed E-state index contributed by atoms with van der Waals surface area (Å²) in [5, 5.41) is 9.38. The Hall–Kier alpha value is -5.72. The average Bonchev–Trinajstić information content (AvgIpc) is 3.74. The van der Waals surface area contributed by atoms with Gasteiger partial charge in [-0.2, -0.15) is 0 Å². The molecule has 2 heterocycles. The summed E-state index contributed by atoms with van der Waals surface area (Å²) in [5.74, 6) is -0.572. The largest absolute Gasteiger partial charge is 0.508 e. The van der Waals surface area contributed by atoms with Gasteiger partial charge < -0.3 is 38.3 Å². The first-order valence-corrected chi connectivity index (χ1v) is 16.4. The summed E-state index contributed by atoms with van der Waals surface area (Å²) in [4.78, 5) is 50.4. The van der Waals surface area contributed by atoms with Crippen LogP contribution in [0, 0.1) is 0 Å². The van der Waals surface area contributed by atoms with E-state index in [9.17, 15) is 24.3 Å². The van der Waals surface area contributed by atoms with E-state index in [1.54, 1.807) is 31.4 Å². The van der Waals surface area contributed by atoms with Crippen molar-refractivity contribution in [3.8, 4) is 23.0 Å². The summed E-state index contributed by atoms with van der Waals surface area (Å²) in [6.45, 7) is 0.121. The van der Waals surface area contributed by atoms with Gasteiger partial charge in [-0.25, -0.2) is 9.59 Å². The predicted molar refractivity (Wildman–Crippen MR) is 180 cm³/mol. The predicted octanol–water partition coefficient (Wildman–Crippen LogP) is 5.03. The third kappa shape index (κ3) is 9.30. The van der Waals surface area contributed by atoms with Gasteiger partial charge in [-0.1, -0.05) is 24.3 Å². The van der Waals surface area contributed by atoms with Gasteiger partial charge in [0.15, 0.2) is 12.2 Å². The molecule has 4 aromatic rings. The lowest BCUT2D eigenvalue weighted by Crippen LogP contribution is -2.36. The van der Waals surface area contributed by atoms with E-state index in [-0.39, 0.29) is 48.7 Å². The maximum Gasteiger partial charge on any atom is 0.338 e. The molecule has 2 fully saturated rings. The number of carbonyl (C=O) groups excluding carboxylic acids is 4. The molecule has 0 saturated carbocycles. The van der Waals surface area contributed by atoms with Crippen LogP contribution in [-0.4, -0.2) is 73.7 Å². The minimum atomic E-state index is -0.720. The van der Waals surface area contributed by atoms with E-state index in [1.807, 2.05) is 24.3 Å². The topological polar surface area (TPSA) is 153 Å². The van der Waals surface area contributed by atoms with Crippen LogP contribution in [0.5, 0.6) is 23.0 Å². The number of methoxy groups -OCH3 is 1. The second-order valence-corrected chi connectivity index (χ2v) is 12.0. The molecule has 4 aromatic carbocycles. The molecular weight excluding hydrogens is 660 g/mol. The Morgan fingerprint density at radius 1 is 0.588 bits per heavy atom. The smallest absolute Gasteiger partial charge is 0.338 e. The summed E-state index contributed by atoms with van der Waals surface area (Å²) in [7, 11) is 1.59. The van der Waals surface area contributed by atoms with E-state index in [0.717, 1.165) is 16.9 Å². The van der Waals surface area contributed by atoms with E-state index in [2.05, 4.69) is 0 Å². The Morgan fingerprint density at radius 2 is 0.980 bits per heavy atom. The van der Waals surface area contributed by atoms with Gasteiger partial charge in [-0.15, -0.1) is 0 Å². The van der Waals surface area contributed by atoms with E-state index in [0.29, 0.717) is 18.6 Å². The van der Waals surface area contributed by atoms with Gasteiger partial charge >= 0.3 is 23.9 Å². The molecule has 12 heteroatoms. The number of aryl methyl sites for hydroxylation is 2. The molecule has 2 saturated heterocycles. The number of phenolic OH excluding ortho intramolecular Hbond substituents is 1. The molecule has 6 rings (SSSR count). The monoisotopic (exact) mass is 696 g/mol. The fourth-order valence-electron chi connectivity index (χ4n) is 5.67. The van der Waals surface area contributed by atoms with Crippen molar-refractivity contribution in [2.45, 2.75) is 50.1 Å². The molecule has 4 atom stereocenters. The Balaban J connectivity index is 0.925. The van der Waals surface area contributed by atoms with Crippen LogP contribution in [0.3, 0.4) is 0 Å². The van der Waals surface area contributed by atoms with Crippen molar-refractivity contribution in [3.05, 3.63) is 119 Å². The van der Waals surface area contributed by atoms with E-state index in [1.165, 1.54) is 48.5 Å². The maximum atomic E-state index is 12.9. The number of esters is 4. The molecule has 2 aliphatic rings. The summed E-state index contributed by atoms with van der Waals surface area (Å²) < 4.78 is 38.9. The molecule has 0 aromatic heterocycles. The number of aromatic hydroxyl groups is 1. The molecule has 1 N–H and O–H groups in total. The van der Waals surface area contributed by atoms with Crippen molar-refractivity contribution < 1.29 is 57.4 Å². The van der Waals surface area contributed by atoms with Gasteiger partial charge in [-0.3, -0.25) is 9.59 Å². The van der Waals surface area contributed by atoms with E-state index >= 15 is 0 Å². The second-order valence-electron chi connectivity index (χ2n) is 12.0. The number of hydrogen-bond acceptors (Lipinski definition) is 12. The zero-order valence-corrected chi connectivity index (χ0v) is 27.7. The minimum Gasteiger partial charge on any atom is -0.508 e. The zero-order chi connectivity index (χ0) is 35.7. The van der Waals surface area contributed by atoms with Crippen LogP contribution in [0.1, 0.15) is 44.7 Å². The van der Waals surface area contributed by atoms with Crippen LogP contribution in [0.15, 0.2) is 97.1 Å². The number of hydrogen-bond donors (Lipinski definition) is 1. The molecular formula is C39H36O12. The molecule has 51 heavy (non-hydrogen) atoms. The number of rotatable bonds is 13. The molecule has 0 spiro atoms. The summed E-state index contributed by atoms with van der Waals surface area (Å²) >= 11 is 0. The van der Waals surface area contributed by atoms with Crippen LogP contribution < -0.4 is 14.2 Å². The number of ether oxygens (including phenoxy) is 7. The molecule has 12 nitrogen and oxygen atoms in total. The fourth-order valence-corrected chi connectivity index (χ4v) is 5.67. The van der Waals surface area contributed by atoms with Crippen LogP contribution in [-0.2, 0) is 41.4 Å². The SMILES string of the molecule is COc1ccc(CCC(=O)Oc2ccc(C(=O)O[C@@H]3COC4C3OC[C@H]4OC(=O)c3ccc(OC(=O)CCc4ccc(O)cc4)cc3)cc2)cc1. The van der Waals surface area contributed by atoms with Crippen molar-refractivity contribution in [2.24, 2.45) is 0 Å². The van der Waals surface area contributed by atoms with Crippen LogP contribution in [0.4, 0.5) is 0 Å². The normalized spacial score (nSPS) is 19.1. The standard InChI is InChI=1S/C39H36O12/c1-45-29-14-4-25(5-15-29)7-21-35(42)49-31-18-10-27(11-19-31)39(44)51-33-23-47-36-32(22-46-37(33)36)50-38(43)26-8-16-30(17-9-26)48-34(41)20-6-24-2-12-28(40)13-3-24/h2-5,8-19,32-33,36-37,40H,6-7,20-23H2,1H3/t32-,33-,36?,37?/m1/s1. The average molecular weight is 697 g/mol. The van der Waals surface area contributed by atoms with Crippen LogP contribution in [0.2, 0.25) is 0 Å². The zero-order valence-electron chi connectivity index (χ0n) is 27.7. The Labute approximate surface area is 293 Å². The molecule has 0 radical (unpaired) electrons. The number of carbonyl (C=O) groups is 4. The third-order valence-corrected chi connectivity index (χ3v) is 8.45. The van der Waals surface area contributed by atoms with Crippen molar-refractivity contribution in [3.63, 3.8) is 0 Å². The van der Waals surface area contributed by atoms with Crippen LogP contribution >= 0.6 is 0 Å². The van der Waals surface area contributed by atoms with E-state index in [4.69, 9.17) is 33.2 Å². The van der Waals surface area contributed by atoms with Crippen molar-refractivity contribution in [2.75, 3.05) is 20.3 Å². The van der Waals surface area contributed by atoms with Gasteiger partial charge in [0.1, 0.15) is 35.2 Å². The Bertz CT molecular complexity index is 1820. The van der Waals surface area contributed by atoms with Gasteiger partial charge in [0.25, 0.3) is 0 Å². The lowest BCUT2D eigenvalue weighted by molar-refractivity contribution is -0.135. The number of fused-ring (bicyclic) bond motifs is 1. The molecule has 0 aliphatic carbocycles. The first-order valence-electron chi connectivity index (χ1n) is 16.4. The van der Waals surface area contributed by atoms with Gasteiger partial charge in [0.05, 0.1) is 31.5 Å². The first kappa shape index (κ1) is 35.1. The van der Waals surface area contributed by atoms with Gasteiger partial charge in [-0.05, 0) is 96.8 Å². The summed E-state index contributed by atoms with van der Waals surface area (Å²) in [6, 6.07) is 26.1. The number of benzene rings is 4. The number of phenols is 1. The quantitative estimate of drug-likeness (QED) is 0.147. The van der Waals surface area contributed by atoms with Crippen LogP contribution in [0.25, 0.3) is 0 Å². The lowest BCUT2D eigenvalue weighted by atomic mass is 10.1. The highest BCUT2D eigenvalue weighted by atomic mass is 16.7. The highest BCUT2D eigenvalue weighted by Gasteiger charge is 2.51. The highest BCUT2D eigenvalue weighted by molar-refractivity contribution is 5.90. The first-order chi connectivity index (χ1) is 24.7. The maximum absolute atomic E-state index is 12.9. The molecule has 0 amide bonds. The Kier molecular flexibility index (Phi) is 11.2. The minimum absolute atomic E-state index is 0.0599. The molecule has 2 unspecified atom stereocenters. The van der Waals surface area contributed by atoms with Gasteiger partial charge in [0, 0.05) is 12.8 Å². The lowest BCUT2D eigenvalue weighted by Gasteiger charge is -2.17. The van der Waals surface area contributed by atoms with E-state index < -0.39 is 48.3 Å². The molecule has 0 bridgehead atoms. The summed E-state index contributed by atoms with van der Waals surface area (Å²) in [5.41, 5.74) is 2.37. The third-order valence-electron chi connectivity index (χ3n) is 8.45. The van der Waals surface area contributed by atoms with Crippen molar-refractivity contribution in [1.29, 1.82) is 0 Å². The van der Waals surface area contributed by atoms with Crippen molar-refractivity contribution in [1.82, 2.24) is 0 Å². The summed E-state index contributed by atoms with van der Waals surface area (Å²) in [6.07, 6.45) is -1.39. The highest BCUT2D eigenvalue weighted by Crippen LogP contribution is 2.32. The fraction of sp³-hybridized carbons (Fsp3) is 0.282. The van der Waals surface area contributed by atoms with Gasteiger partial charge in [0.2, 0.25) is 0 Å².